The van der Waals surface area contributed by atoms with E-state index in [1.807, 2.05) is 6.20 Å². The van der Waals surface area contributed by atoms with E-state index in [2.05, 4.69) is 22.6 Å². The lowest BCUT2D eigenvalue weighted by molar-refractivity contribution is 0.182. The molecule has 1 saturated carbocycles. The molecule has 0 spiro atoms. The van der Waals surface area contributed by atoms with E-state index in [1.165, 1.54) is 24.3 Å². The van der Waals surface area contributed by atoms with Gasteiger partial charge in [-0.2, -0.15) is 0 Å². The summed E-state index contributed by atoms with van der Waals surface area (Å²) in [6.45, 7) is 3.91. The number of hydrogen-bond acceptors (Lipinski definition) is 4. The summed E-state index contributed by atoms with van der Waals surface area (Å²) >= 11 is 1.74. The summed E-state index contributed by atoms with van der Waals surface area (Å²) in [6.07, 6.45) is 5.85. The number of ether oxygens (including phenoxy) is 1. The molecular formula is C12H20N2OS. The SMILES string of the molecule is COCCNC(C)(CC1CC1)c1nccs1. The molecule has 1 N–H and O–H groups in total. The fourth-order valence-electron chi connectivity index (χ4n) is 2.06. The van der Waals surface area contributed by atoms with Crippen LogP contribution >= 0.6 is 11.3 Å². The minimum Gasteiger partial charge on any atom is -0.383 e. The quantitative estimate of drug-likeness (QED) is 0.743. The highest BCUT2D eigenvalue weighted by molar-refractivity contribution is 7.09. The molecule has 1 aliphatic rings. The number of thiazole rings is 1. The van der Waals surface area contributed by atoms with Gasteiger partial charge in [-0.1, -0.05) is 12.8 Å². The van der Waals surface area contributed by atoms with Crippen molar-refractivity contribution in [1.82, 2.24) is 10.3 Å². The van der Waals surface area contributed by atoms with Gasteiger partial charge in [0.1, 0.15) is 5.01 Å². The minimum atomic E-state index is 0.0356. The zero-order valence-corrected chi connectivity index (χ0v) is 10.8. The molecule has 2 rings (SSSR count). The Hall–Kier alpha value is -0.450. The maximum absolute atomic E-state index is 5.10. The summed E-state index contributed by atoms with van der Waals surface area (Å²) in [5.74, 6) is 0.893. The average molecular weight is 240 g/mol. The average Bonchev–Trinajstić information content (AvgIpc) is 2.89. The number of rotatable bonds is 7. The number of nitrogens with zero attached hydrogens (tertiary/aromatic N) is 1. The van der Waals surface area contributed by atoms with Crippen LogP contribution in [0.3, 0.4) is 0 Å². The molecule has 0 radical (unpaired) electrons. The third-order valence-electron chi connectivity index (χ3n) is 3.12. The molecular weight excluding hydrogens is 220 g/mol. The van der Waals surface area contributed by atoms with Gasteiger partial charge in [-0.05, 0) is 19.3 Å². The predicted molar refractivity (Wildman–Crippen MR) is 66.7 cm³/mol. The van der Waals surface area contributed by atoms with Crippen molar-refractivity contribution in [3.05, 3.63) is 16.6 Å². The van der Waals surface area contributed by atoms with Crippen molar-refractivity contribution < 1.29 is 4.74 Å². The molecule has 0 aromatic carbocycles. The van der Waals surface area contributed by atoms with E-state index in [1.54, 1.807) is 18.4 Å². The van der Waals surface area contributed by atoms with Gasteiger partial charge < -0.3 is 10.1 Å². The zero-order valence-electron chi connectivity index (χ0n) is 10.0. The van der Waals surface area contributed by atoms with E-state index in [0.717, 1.165) is 19.1 Å². The van der Waals surface area contributed by atoms with Crippen molar-refractivity contribution in [1.29, 1.82) is 0 Å². The Labute approximate surface area is 101 Å². The van der Waals surface area contributed by atoms with Crippen LogP contribution in [-0.4, -0.2) is 25.2 Å². The molecule has 0 amide bonds. The normalized spacial score (nSPS) is 19.6. The van der Waals surface area contributed by atoms with Crippen LogP contribution < -0.4 is 5.32 Å². The standard InChI is InChI=1S/C12H20N2OS/c1-12(9-10-3-4-10,14-5-7-15-2)11-13-6-8-16-11/h6,8,10,14H,3-5,7,9H2,1-2H3. The summed E-state index contributed by atoms with van der Waals surface area (Å²) in [6, 6.07) is 0. The van der Waals surface area contributed by atoms with Crippen LogP contribution in [0.4, 0.5) is 0 Å². The van der Waals surface area contributed by atoms with E-state index in [9.17, 15) is 0 Å². The molecule has 16 heavy (non-hydrogen) atoms. The number of methoxy groups -OCH3 is 1. The van der Waals surface area contributed by atoms with Crippen LogP contribution in [0.5, 0.6) is 0 Å². The Bertz CT molecular complexity index is 311. The highest BCUT2D eigenvalue weighted by Gasteiger charge is 2.35. The molecule has 1 aromatic heterocycles. The first-order valence-corrected chi connectivity index (χ1v) is 6.76. The van der Waals surface area contributed by atoms with Crippen molar-refractivity contribution >= 4 is 11.3 Å². The van der Waals surface area contributed by atoms with E-state index in [4.69, 9.17) is 4.74 Å². The second kappa shape index (κ2) is 5.25. The second-order valence-electron chi connectivity index (χ2n) is 4.74. The fourth-order valence-corrected chi connectivity index (χ4v) is 2.85. The smallest absolute Gasteiger partial charge is 0.112 e. The first-order valence-electron chi connectivity index (χ1n) is 5.88. The van der Waals surface area contributed by atoms with Crippen LogP contribution in [0.1, 0.15) is 31.2 Å². The third kappa shape index (κ3) is 3.03. The highest BCUT2D eigenvalue weighted by atomic mass is 32.1. The van der Waals surface area contributed by atoms with E-state index >= 15 is 0 Å². The molecule has 3 nitrogen and oxygen atoms in total. The van der Waals surface area contributed by atoms with Crippen molar-refractivity contribution in [3.8, 4) is 0 Å². The fraction of sp³-hybridized carbons (Fsp3) is 0.750. The maximum atomic E-state index is 5.10. The summed E-state index contributed by atoms with van der Waals surface area (Å²) in [4.78, 5) is 4.46. The van der Waals surface area contributed by atoms with E-state index in [-0.39, 0.29) is 5.54 Å². The monoisotopic (exact) mass is 240 g/mol. The van der Waals surface area contributed by atoms with E-state index in [0.29, 0.717) is 0 Å². The van der Waals surface area contributed by atoms with Gasteiger partial charge in [-0.3, -0.25) is 0 Å². The third-order valence-corrected chi connectivity index (χ3v) is 4.16. The number of aromatic nitrogens is 1. The van der Waals surface area contributed by atoms with Gasteiger partial charge in [0.15, 0.2) is 0 Å². The Morgan fingerprint density at radius 3 is 3.00 bits per heavy atom. The van der Waals surface area contributed by atoms with Gasteiger partial charge in [0.25, 0.3) is 0 Å². The van der Waals surface area contributed by atoms with Crippen LogP contribution in [0, 0.1) is 5.92 Å². The van der Waals surface area contributed by atoms with Crippen LogP contribution in [0.25, 0.3) is 0 Å². The van der Waals surface area contributed by atoms with Gasteiger partial charge in [-0.15, -0.1) is 11.3 Å². The van der Waals surface area contributed by atoms with E-state index < -0.39 is 0 Å². The summed E-state index contributed by atoms with van der Waals surface area (Å²) in [7, 11) is 1.74. The molecule has 0 bridgehead atoms. The molecule has 4 heteroatoms. The van der Waals surface area contributed by atoms with Crippen molar-refractivity contribution in [2.24, 2.45) is 5.92 Å². The van der Waals surface area contributed by atoms with Gasteiger partial charge in [0.2, 0.25) is 0 Å². The Morgan fingerprint density at radius 1 is 1.62 bits per heavy atom. The lowest BCUT2D eigenvalue weighted by Crippen LogP contribution is -2.41. The summed E-state index contributed by atoms with van der Waals surface area (Å²) in [5, 5.41) is 6.85. The van der Waals surface area contributed by atoms with Crippen LogP contribution in [-0.2, 0) is 10.3 Å². The molecule has 1 aliphatic carbocycles. The Morgan fingerprint density at radius 2 is 2.44 bits per heavy atom. The molecule has 1 aromatic rings. The molecule has 1 fully saturated rings. The Kier molecular flexibility index (Phi) is 3.95. The first kappa shape index (κ1) is 12.0. The molecule has 1 heterocycles. The number of hydrogen-bond donors (Lipinski definition) is 1. The molecule has 0 aliphatic heterocycles. The zero-order chi connectivity index (χ0) is 11.4. The van der Waals surface area contributed by atoms with Crippen molar-refractivity contribution in [2.75, 3.05) is 20.3 Å². The van der Waals surface area contributed by atoms with Gasteiger partial charge in [-0.25, -0.2) is 4.98 Å². The highest BCUT2D eigenvalue weighted by Crippen LogP contribution is 2.41. The van der Waals surface area contributed by atoms with Gasteiger partial charge >= 0.3 is 0 Å². The largest absolute Gasteiger partial charge is 0.383 e. The van der Waals surface area contributed by atoms with Crippen LogP contribution in [0.15, 0.2) is 11.6 Å². The molecule has 90 valence electrons. The molecule has 1 unspecified atom stereocenters. The minimum absolute atomic E-state index is 0.0356. The maximum Gasteiger partial charge on any atom is 0.112 e. The van der Waals surface area contributed by atoms with Gasteiger partial charge in [0, 0.05) is 25.2 Å². The van der Waals surface area contributed by atoms with Crippen molar-refractivity contribution in [3.63, 3.8) is 0 Å². The topological polar surface area (TPSA) is 34.1 Å². The second-order valence-corrected chi connectivity index (χ2v) is 5.63. The number of nitrogens with one attached hydrogen (secondary N) is 1. The molecule has 1 atom stereocenters. The Balaban J connectivity index is 1.99. The van der Waals surface area contributed by atoms with Crippen molar-refractivity contribution in [2.45, 2.75) is 31.7 Å². The molecule has 0 saturated heterocycles. The van der Waals surface area contributed by atoms with Gasteiger partial charge in [0.05, 0.1) is 12.1 Å². The lowest BCUT2D eigenvalue weighted by Gasteiger charge is -2.29. The first-order chi connectivity index (χ1) is 7.74. The predicted octanol–water partition coefficient (Wildman–Crippen LogP) is 2.39. The summed E-state index contributed by atoms with van der Waals surface area (Å²) in [5.41, 5.74) is 0.0356. The van der Waals surface area contributed by atoms with Crippen LogP contribution in [0.2, 0.25) is 0 Å². The summed E-state index contributed by atoms with van der Waals surface area (Å²) < 4.78 is 5.10. The lowest BCUT2D eigenvalue weighted by atomic mass is 9.95.